The fraction of sp³-hybridized carbons (Fsp3) is 0.0588. The third kappa shape index (κ3) is 2.06. The zero-order chi connectivity index (χ0) is 15.6. The van der Waals surface area contributed by atoms with Gasteiger partial charge in [-0.25, -0.2) is 9.97 Å². The Hall–Kier alpha value is -2.31. The Morgan fingerprint density at radius 3 is 2.30 bits per heavy atom. The molecule has 0 N–H and O–H groups in total. The van der Waals surface area contributed by atoms with E-state index in [1.54, 1.807) is 11.3 Å². The predicted molar refractivity (Wildman–Crippen MR) is 94.4 cm³/mol. The number of benzene rings is 2. The smallest absolute Gasteiger partial charge is 0.237 e. The van der Waals surface area contributed by atoms with Crippen LogP contribution in [0.3, 0.4) is 0 Å². The first-order valence-corrected chi connectivity index (χ1v) is 8.33. The van der Waals surface area contributed by atoms with E-state index in [0.29, 0.717) is 11.8 Å². The van der Waals surface area contributed by atoms with Crippen LogP contribution in [0.4, 0.5) is 0 Å². The molecule has 112 valence electrons. The highest BCUT2D eigenvalue weighted by atomic mass is 32.2. The highest BCUT2D eigenvalue weighted by Crippen LogP contribution is 2.33. The molecule has 0 saturated carbocycles. The van der Waals surface area contributed by atoms with Crippen molar-refractivity contribution in [1.82, 2.24) is 9.97 Å². The van der Waals surface area contributed by atoms with Crippen molar-refractivity contribution in [2.45, 2.75) is 11.1 Å². The highest BCUT2D eigenvalue weighted by molar-refractivity contribution is 7.83. The number of rotatable bonds is 1. The second-order valence-electron chi connectivity index (χ2n) is 5.38. The first-order chi connectivity index (χ1) is 11.2. The lowest BCUT2D eigenvalue weighted by atomic mass is 10.1. The van der Waals surface area contributed by atoms with Crippen LogP contribution in [0.1, 0.15) is 5.89 Å². The molecule has 0 spiro atoms. The average Bonchev–Trinajstić information content (AvgIpc) is 3.19. The summed E-state index contributed by atoms with van der Waals surface area (Å²) in [7, 11) is 0. The van der Waals surface area contributed by atoms with E-state index in [9.17, 15) is 0 Å². The third-order valence-electron chi connectivity index (χ3n) is 3.76. The van der Waals surface area contributed by atoms with Gasteiger partial charge in [-0.2, -0.15) is 0 Å². The van der Waals surface area contributed by atoms with Crippen LogP contribution in [0.15, 0.2) is 49.4 Å². The molecule has 0 aliphatic heterocycles. The van der Waals surface area contributed by atoms with E-state index in [4.69, 9.17) is 8.83 Å². The second kappa shape index (κ2) is 4.59. The Bertz CT molecular complexity index is 1130. The Balaban J connectivity index is 1.77. The molecule has 0 unspecified atom stereocenters. The number of hydrogen-bond donors (Lipinski definition) is 1. The molecule has 0 bridgehead atoms. The van der Waals surface area contributed by atoms with Gasteiger partial charge in [0.15, 0.2) is 17.1 Å². The molecule has 0 radical (unpaired) electrons. The highest BCUT2D eigenvalue weighted by Gasteiger charge is 2.12. The maximum Gasteiger partial charge on any atom is 0.237 e. The van der Waals surface area contributed by atoms with Gasteiger partial charge in [-0.05, 0) is 47.2 Å². The van der Waals surface area contributed by atoms with Crippen LogP contribution in [-0.2, 0) is 0 Å². The molecule has 6 heteroatoms. The molecule has 0 atom stereocenters. The minimum atomic E-state index is 0.623. The molecule has 5 rings (SSSR count). The number of thiol groups is 1. The first-order valence-electron chi connectivity index (χ1n) is 7.06. The lowest BCUT2D eigenvalue weighted by Crippen LogP contribution is -1.76. The standard InChI is InChI=1S/C17H10N2O2S2/c1-8-18-11-4-9-7-14-12(5-10(9)6-13(11)20-8)19-17(21-14)15-2-3-16(22)23-15/h2-7,22H,1H3. The van der Waals surface area contributed by atoms with E-state index in [1.807, 2.05) is 43.3 Å². The van der Waals surface area contributed by atoms with Gasteiger partial charge >= 0.3 is 0 Å². The Labute approximate surface area is 140 Å². The topological polar surface area (TPSA) is 52.1 Å². The van der Waals surface area contributed by atoms with E-state index in [-0.39, 0.29) is 0 Å². The van der Waals surface area contributed by atoms with Crippen molar-refractivity contribution in [2.24, 2.45) is 0 Å². The summed E-state index contributed by atoms with van der Waals surface area (Å²) < 4.78 is 12.5. The van der Waals surface area contributed by atoms with Crippen molar-refractivity contribution in [3.05, 3.63) is 42.3 Å². The Kier molecular flexibility index (Phi) is 2.63. The normalized spacial score (nSPS) is 11.9. The number of hydrogen-bond acceptors (Lipinski definition) is 6. The number of fused-ring (bicyclic) bond motifs is 3. The molecular formula is C17H10N2O2S2. The van der Waals surface area contributed by atoms with Gasteiger partial charge in [0.2, 0.25) is 5.89 Å². The van der Waals surface area contributed by atoms with Gasteiger partial charge in [0.25, 0.3) is 0 Å². The van der Waals surface area contributed by atoms with E-state index in [1.165, 1.54) is 0 Å². The molecule has 4 nitrogen and oxygen atoms in total. The molecule has 3 heterocycles. The summed E-state index contributed by atoms with van der Waals surface area (Å²) in [5.74, 6) is 1.29. The number of nitrogens with zero attached hydrogens (tertiary/aromatic N) is 2. The SMILES string of the molecule is Cc1nc2cc3cc4oc(-c5ccc(S)s5)nc4cc3cc2o1. The van der Waals surface area contributed by atoms with Gasteiger partial charge in [0, 0.05) is 6.92 Å². The summed E-state index contributed by atoms with van der Waals surface area (Å²) in [5.41, 5.74) is 3.24. The average molecular weight is 338 g/mol. The number of thiophene rings is 1. The molecule has 3 aromatic heterocycles. The summed E-state index contributed by atoms with van der Waals surface area (Å²) >= 11 is 5.89. The Morgan fingerprint density at radius 2 is 1.61 bits per heavy atom. The Morgan fingerprint density at radius 1 is 0.913 bits per heavy atom. The first kappa shape index (κ1) is 13.2. The van der Waals surface area contributed by atoms with Crippen LogP contribution in [0.5, 0.6) is 0 Å². The molecule has 2 aromatic carbocycles. The van der Waals surface area contributed by atoms with E-state index < -0.39 is 0 Å². The molecule has 23 heavy (non-hydrogen) atoms. The van der Waals surface area contributed by atoms with Gasteiger partial charge < -0.3 is 8.83 Å². The van der Waals surface area contributed by atoms with Crippen LogP contribution in [0, 0.1) is 6.92 Å². The van der Waals surface area contributed by atoms with Crippen molar-refractivity contribution < 1.29 is 8.83 Å². The zero-order valence-electron chi connectivity index (χ0n) is 12.0. The fourth-order valence-electron chi connectivity index (χ4n) is 2.76. The van der Waals surface area contributed by atoms with Crippen molar-refractivity contribution >= 4 is 56.9 Å². The minimum Gasteiger partial charge on any atom is -0.441 e. The van der Waals surface area contributed by atoms with Crippen LogP contribution in [0.2, 0.25) is 0 Å². The lowest BCUT2D eigenvalue weighted by Gasteiger charge is -1.96. The van der Waals surface area contributed by atoms with Gasteiger partial charge in [-0.1, -0.05) is 0 Å². The van der Waals surface area contributed by atoms with Crippen molar-refractivity contribution in [1.29, 1.82) is 0 Å². The van der Waals surface area contributed by atoms with Crippen LogP contribution in [-0.4, -0.2) is 9.97 Å². The minimum absolute atomic E-state index is 0.623. The van der Waals surface area contributed by atoms with E-state index in [0.717, 1.165) is 42.1 Å². The maximum atomic E-state index is 5.91. The van der Waals surface area contributed by atoms with Gasteiger partial charge in [-0.3, -0.25) is 0 Å². The number of aromatic nitrogens is 2. The molecular weight excluding hydrogens is 328 g/mol. The monoisotopic (exact) mass is 338 g/mol. The summed E-state index contributed by atoms with van der Waals surface area (Å²) in [6.45, 7) is 1.85. The predicted octanol–water partition coefficient (Wildman–Crippen LogP) is 5.45. The molecule has 0 saturated heterocycles. The summed E-state index contributed by atoms with van der Waals surface area (Å²) in [4.78, 5) is 9.95. The van der Waals surface area contributed by atoms with E-state index in [2.05, 4.69) is 22.6 Å². The van der Waals surface area contributed by atoms with E-state index >= 15 is 0 Å². The van der Waals surface area contributed by atoms with Gasteiger partial charge in [-0.15, -0.1) is 24.0 Å². The quantitative estimate of drug-likeness (QED) is 0.413. The lowest BCUT2D eigenvalue weighted by molar-refractivity contribution is 0.561. The molecule has 0 aliphatic rings. The van der Waals surface area contributed by atoms with Gasteiger partial charge in [0.05, 0.1) is 9.09 Å². The van der Waals surface area contributed by atoms with Crippen molar-refractivity contribution in [3.8, 4) is 10.8 Å². The molecule has 0 aliphatic carbocycles. The zero-order valence-corrected chi connectivity index (χ0v) is 13.7. The summed E-state index contributed by atoms with van der Waals surface area (Å²) in [6, 6.07) is 11.9. The van der Waals surface area contributed by atoms with Gasteiger partial charge in [0.1, 0.15) is 11.0 Å². The maximum absolute atomic E-state index is 5.91. The third-order valence-corrected chi connectivity index (χ3v) is 5.06. The van der Waals surface area contributed by atoms with Crippen molar-refractivity contribution in [2.75, 3.05) is 0 Å². The molecule has 5 aromatic rings. The molecule has 0 amide bonds. The number of aryl methyl sites for hydroxylation is 1. The second-order valence-corrected chi connectivity index (χ2v) is 7.24. The summed E-state index contributed by atoms with van der Waals surface area (Å²) in [5, 5.41) is 2.11. The van der Waals surface area contributed by atoms with Crippen LogP contribution >= 0.6 is 24.0 Å². The molecule has 0 fully saturated rings. The summed E-state index contributed by atoms with van der Waals surface area (Å²) in [6.07, 6.45) is 0. The van der Waals surface area contributed by atoms with Crippen LogP contribution in [0.25, 0.3) is 43.7 Å². The number of oxazole rings is 2. The van der Waals surface area contributed by atoms with Crippen molar-refractivity contribution in [3.63, 3.8) is 0 Å². The fourth-order valence-corrected chi connectivity index (χ4v) is 3.80. The van der Waals surface area contributed by atoms with Crippen LogP contribution < -0.4 is 0 Å². The largest absolute Gasteiger partial charge is 0.441 e.